The molecule has 4 nitrogen and oxygen atoms in total. The lowest BCUT2D eigenvalue weighted by molar-refractivity contribution is 0.0976. The van der Waals surface area contributed by atoms with Crippen LogP contribution in [0.1, 0.15) is 12.8 Å². The fraction of sp³-hybridized carbons (Fsp3) is 1.00. The van der Waals surface area contributed by atoms with Gasteiger partial charge in [-0.2, -0.15) is 0 Å². The number of hydrogen-bond donors (Lipinski definition) is 1. The molecule has 0 aromatic heterocycles. The van der Waals surface area contributed by atoms with Crippen molar-refractivity contribution >= 4 is 10.0 Å². The SMILES string of the molecule is CS(=O)(=O)N1CCC(F)(CN)CC1. The van der Waals surface area contributed by atoms with Crippen molar-refractivity contribution in [1.82, 2.24) is 4.31 Å². The van der Waals surface area contributed by atoms with Gasteiger partial charge in [0.15, 0.2) is 0 Å². The zero-order valence-electron chi connectivity index (χ0n) is 7.66. The van der Waals surface area contributed by atoms with E-state index < -0.39 is 15.7 Å². The van der Waals surface area contributed by atoms with E-state index in [1.165, 1.54) is 4.31 Å². The molecule has 0 aliphatic carbocycles. The van der Waals surface area contributed by atoms with E-state index in [0.29, 0.717) is 0 Å². The highest BCUT2D eigenvalue weighted by molar-refractivity contribution is 7.88. The smallest absolute Gasteiger partial charge is 0.211 e. The molecular formula is C7H15FN2O2S. The molecule has 0 aromatic carbocycles. The maximum Gasteiger partial charge on any atom is 0.211 e. The van der Waals surface area contributed by atoms with Crippen molar-refractivity contribution in [2.45, 2.75) is 18.5 Å². The molecule has 0 saturated carbocycles. The van der Waals surface area contributed by atoms with Crippen molar-refractivity contribution in [3.05, 3.63) is 0 Å². The van der Waals surface area contributed by atoms with Gasteiger partial charge in [-0.25, -0.2) is 17.1 Å². The topological polar surface area (TPSA) is 63.4 Å². The summed E-state index contributed by atoms with van der Waals surface area (Å²) in [6, 6.07) is 0. The minimum absolute atomic E-state index is 0.0232. The van der Waals surface area contributed by atoms with Crippen LogP contribution in [0.4, 0.5) is 4.39 Å². The van der Waals surface area contributed by atoms with Gasteiger partial charge in [-0.1, -0.05) is 0 Å². The van der Waals surface area contributed by atoms with Crippen molar-refractivity contribution in [3.63, 3.8) is 0 Å². The van der Waals surface area contributed by atoms with Gasteiger partial charge in [0.05, 0.1) is 6.26 Å². The Balaban J connectivity index is 2.58. The van der Waals surface area contributed by atoms with Crippen molar-refractivity contribution in [1.29, 1.82) is 0 Å². The molecule has 0 atom stereocenters. The molecule has 1 rings (SSSR count). The minimum atomic E-state index is -3.16. The van der Waals surface area contributed by atoms with Crippen LogP contribution in [-0.2, 0) is 10.0 Å². The molecule has 78 valence electrons. The summed E-state index contributed by atoms with van der Waals surface area (Å²) in [5, 5.41) is 0. The second-order valence-electron chi connectivity index (χ2n) is 3.52. The first-order valence-electron chi connectivity index (χ1n) is 4.21. The quantitative estimate of drug-likeness (QED) is 0.681. The van der Waals surface area contributed by atoms with Crippen LogP contribution >= 0.6 is 0 Å². The predicted molar refractivity (Wildman–Crippen MR) is 48.5 cm³/mol. The maximum absolute atomic E-state index is 13.5. The van der Waals surface area contributed by atoms with Crippen molar-refractivity contribution in [2.24, 2.45) is 5.73 Å². The first-order valence-corrected chi connectivity index (χ1v) is 6.06. The van der Waals surface area contributed by atoms with E-state index >= 15 is 0 Å². The lowest BCUT2D eigenvalue weighted by atomic mass is 9.95. The maximum atomic E-state index is 13.5. The highest BCUT2D eigenvalue weighted by Crippen LogP contribution is 2.26. The summed E-state index contributed by atoms with van der Waals surface area (Å²) < 4.78 is 36.9. The zero-order valence-corrected chi connectivity index (χ0v) is 8.48. The number of piperidine rings is 1. The highest BCUT2D eigenvalue weighted by Gasteiger charge is 2.35. The van der Waals surface area contributed by atoms with E-state index in [2.05, 4.69) is 0 Å². The second-order valence-corrected chi connectivity index (χ2v) is 5.50. The summed E-state index contributed by atoms with van der Waals surface area (Å²) in [7, 11) is -3.16. The fourth-order valence-corrected chi connectivity index (χ4v) is 2.27. The molecule has 0 aromatic rings. The molecule has 1 fully saturated rings. The minimum Gasteiger partial charge on any atom is -0.328 e. The molecule has 13 heavy (non-hydrogen) atoms. The van der Waals surface area contributed by atoms with E-state index in [0.717, 1.165) is 6.26 Å². The summed E-state index contributed by atoms with van der Waals surface area (Å²) in [6.07, 6.45) is 1.55. The molecule has 0 bridgehead atoms. The number of alkyl halides is 1. The van der Waals surface area contributed by atoms with Crippen LogP contribution in [-0.4, -0.2) is 44.3 Å². The average Bonchev–Trinajstić information content (AvgIpc) is 2.04. The molecule has 6 heteroatoms. The van der Waals surface area contributed by atoms with Gasteiger partial charge in [-0.05, 0) is 12.8 Å². The number of rotatable bonds is 2. The highest BCUT2D eigenvalue weighted by atomic mass is 32.2. The van der Waals surface area contributed by atoms with Gasteiger partial charge >= 0.3 is 0 Å². The molecule has 0 unspecified atom stereocenters. The number of nitrogens with two attached hydrogens (primary N) is 1. The Morgan fingerprint density at radius 3 is 2.23 bits per heavy atom. The monoisotopic (exact) mass is 210 g/mol. The molecule has 0 amide bonds. The summed E-state index contributed by atoms with van der Waals surface area (Å²) in [5.74, 6) is 0. The third-order valence-electron chi connectivity index (χ3n) is 2.45. The summed E-state index contributed by atoms with van der Waals surface area (Å²) in [6.45, 7) is 0.462. The van der Waals surface area contributed by atoms with Gasteiger partial charge < -0.3 is 5.73 Å². The summed E-state index contributed by atoms with van der Waals surface area (Å²) in [4.78, 5) is 0. The lowest BCUT2D eigenvalue weighted by Crippen LogP contribution is -2.47. The predicted octanol–water partition coefficient (Wildman–Crippen LogP) is -0.291. The first-order chi connectivity index (χ1) is 5.87. The average molecular weight is 210 g/mol. The van der Waals surface area contributed by atoms with Crippen LogP contribution in [0.3, 0.4) is 0 Å². The van der Waals surface area contributed by atoms with Gasteiger partial charge in [-0.3, -0.25) is 0 Å². The number of halogens is 1. The van der Waals surface area contributed by atoms with Gasteiger partial charge in [0.25, 0.3) is 0 Å². The molecule has 1 aliphatic heterocycles. The Kier molecular flexibility index (Phi) is 2.94. The molecule has 1 heterocycles. The van der Waals surface area contributed by atoms with E-state index in [4.69, 9.17) is 5.73 Å². The normalized spacial score (nSPS) is 24.5. The van der Waals surface area contributed by atoms with Crippen molar-refractivity contribution in [3.8, 4) is 0 Å². The standard InChI is InChI=1S/C7H15FN2O2S/c1-13(11,12)10-4-2-7(8,6-9)3-5-10/h2-6,9H2,1H3. The Morgan fingerprint density at radius 1 is 1.46 bits per heavy atom. The summed E-state index contributed by atoms with van der Waals surface area (Å²) >= 11 is 0. The largest absolute Gasteiger partial charge is 0.328 e. The Bertz CT molecular complexity index is 270. The van der Waals surface area contributed by atoms with Crippen LogP contribution < -0.4 is 5.73 Å². The molecular weight excluding hydrogens is 195 g/mol. The fourth-order valence-electron chi connectivity index (χ4n) is 1.42. The Morgan fingerprint density at radius 2 is 1.92 bits per heavy atom. The van der Waals surface area contributed by atoms with E-state index in [-0.39, 0.29) is 32.5 Å². The van der Waals surface area contributed by atoms with Gasteiger partial charge in [0.1, 0.15) is 5.67 Å². The van der Waals surface area contributed by atoms with E-state index in [9.17, 15) is 12.8 Å². The third kappa shape index (κ3) is 2.62. The van der Waals surface area contributed by atoms with Gasteiger partial charge in [0.2, 0.25) is 10.0 Å². The van der Waals surface area contributed by atoms with Crippen molar-refractivity contribution in [2.75, 3.05) is 25.9 Å². The van der Waals surface area contributed by atoms with Gasteiger partial charge in [0, 0.05) is 19.6 Å². The molecule has 0 spiro atoms. The Labute approximate surface area is 77.9 Å². The van der Waals surface area contributed by atoms with Crippen molar-refractivity contribution < 1.29 is 12.8 Å². The Hall–Kier alpha value is -0.200. The van der Waals surface area contributed by atoms with Crippen LogP contribution in [0.2, 0.25) is 0 Å². The van der Waals surface area contributed by atoms with Crippen LogP contribution in [0.5, 0.6) is 0 Å². The summed E-state index contributed by atoms with van der Waals surface area (Å²) in [5.41, 5.74) is 3.89. The van der Waals surface area contributed by atoms with E-state index in [1.807, 2.05) is 0 Å². The second kappa shape index (κ2) is 3.51. The number of hydrogen-bond acceptors (Lipinski definition) is 3. The number of nitrogens with zero attached hydrogens (tertiary/aromatic N) is 1. The van der Waals surface area contributed by atoms with Gasteiger partial charge in [-0.15, -0.1) is 0 Å². The molecule has 1 aliphatic rings. The first kappa shape index (κ1) is 10.9. The molecule has 0 radical (unpaired) electrons. The van der Waals surface area contributed by atoms with Crippen LogP contribution in [0.15, 0.2) is 0 Å². The zero-order chi connectivity index (χ0) is 10.1. The lowest BCUT2D eigenvalue weighted by Gasteiger charge is -2.34. The van der Waals surface area contributed by atoms with Crippen LogP contribution in [0.25, 0.3) is 0 Å². The molecule has 2 N–H and O–H groups in total. The third-order valence-corrected chi connectivity index (χ3v) is 3.76. The number of sulfonamides is 1. The molecule has 1 saturated heterocycles. The van der Waals surface area contributed by atoms with Crippen LogP contribution in [0, 0.1) is 0 Å². The van der Waals surface area contributed by atoms with E-state index in [1.54, 1.807) is 0 Å².